The fourth-order valence-corrected chi connectivity index (χ4v) is 2.11. The second-order valence-electron chi connectivity index (χ2n) is 4.48. The molecule has 0 radical (unpaired) electrons. The summed E-state index contributed by atoms with van der Waals surface area (Å²) in [6.45, 7) is 3.35. The Morgan fingerprint density at radius 2 is 2.22 bits per heavy atom. The van der Waals surface area contributed by atoms with Gasteiger partial charge in [0, 0.05) is 24.7 Å². The summed E-state index contributed by atoms with van der Waals surface area (Å²) in [5.41, 5.74) is 7.50. The summed E-state index contributed by atoms with van der Waals surface area (Å²) in [6, 6.07) is 5.65. The van der Waals surface area contributed by atoms with E-state index in [4.69, 9.17) is 10.5 Å². The molecule has 1 aromatic rings. The first-order valence-electron chi connectivity index (χ1n) is 5.81. The second-order valence-corrected chi connectivity index (χ2v) is 4.48. The van der Waals surface area contributed by atoms with E-state index in [1.807, 2.05) is 19.1 Å². The third-order valence-corrected chi connectivity index (χ3v) is 3.17. The number of hydrogen-bond donors (Lipinski definition) is 1. The average molecular weight is 271 g/mol. The summed E-state index contributed by atoms with van der Waals surface area (Å²) in [5, 5.41) is 0. The maximum atomic E-state index is 12.2. The van der Waals surface area contributed by atoms with Gasteiger partial charge in [-0.2, -0.15) is 0 Å². The standard InChI is InChI=1S/C13H18N2O2.ClH/c1-9-3-4-10(7-12(9)17-2)13(16)15-6-5-11(14)8-15;/h3-4,7,11H,5-6,8,14H2,1-2H3;1H. The van der Waals surface area contributed by atoms with Crippen LogP contribution >= 0.6 is 12.4 Å². The van der Waals surface area contributed by atoms with Gasteiger partial charge in [-0.05, 0) is 31.0 Å². The van der Waals surface area contributed by atoms with Gasteiger partial charge in [0.1, 0.15) is 5.75 Å². The number of halogens is 1. The normalized spacial score (nSPS) is 18.4. The predicted molar refractivity (Wildman–Crippen MR) is 73.5 cm³/mol. The SMILES string of the molecule is COc1cc(C(=O)N2CCC(N)C2)ccc1C.Cl. The van der Waals surface area contributed by atoms with E-state index in [9.17, 15) is 4.79 Å². The summed E-state index contributed by atoms with van der Waals surface area (Å²) in [7, 11) is 1.61. The van der Waals surface area contributed by atoms with Gasteiger partial charge in [-0.25, -0.2) is 0 Å². The van der Waals surface area contributed by atoms with E-state index in [1.54, 1.807) is 18.1 Å². The molecule has 4 nitrogen and oxygen atoms in total. The van der Waals surface area contributed by atoms with Crippen molar-refractivity contribution < 1.29 is 9.53 Å². The summed E-state index contributed by atoms with van der Waals surface area (Å²) >= 11 is 0. The molecule has 0 saturated carbocycles. The molecule has 1 heterocycles. The molecular weight excluding hydrogens is 252 g/mol. The van der Waals surface area contributed by atoms with Crippen molar-refractivity contribution in [2.75, 3.05) is 20.2 Å². The number of amides is 1. The van der Waals surface area contributed by atoms with Crippen molar-refractivity contribution in [3.63, 3.8) is 0 Å². The van der Waals surface area contributed by atoms with Gasteiger partial charge in [-0.3, -0.25) is 4.79 Å². The highest BCUT2D eigenvalue weighted by molar-refractivity contribution is 5.95. The van der Waals surface area contributed by atoms with E-state index < -0.39 is 0 Å². The largest absolute Gasteiger partial charge is 0.496 e. The first kappa shape index (κ1) is 14.8. The van der Waals surface area contributed by atoms with E-state index in [-0.39, 0.29) is 24.4 Å². The van der Waals surface area contributed by atoms with Crippen LogP contribution in [0, 0.1) is 6.92 Å². The lowest BCUT2D eigenvalue weighted by atomic mass is 10.1. The van der Waals surface area contributed by atoms with Crippen LogP contribution in [-0.4, -0.2) is 37.0 Å². The van der Waals surface area contributed by atoms with Crippen LogP contribution in [0.3, 0.4) is 0 Å². The third kappa shape index (κ3) is 2.94. The van der Waals surface area contributed by atoms with Gasteiger partial charge in [0.25, 0.3) is 5.91 Å². The summed E-state index contributed by atoms with van der Waals surface area (Å²) in [4.78, 5) is 14.0. The smallest absolute Gasteiger partial charge is 0.254 e. The number of nitrogens with zero attached hydrogens (tertiary/aromatic N) is 1. The molecule has 1 amide bonds. The molecule has 1 unspecified atom stereocenters. The number of likely N-dealkylation sites (tertiary alicyclic amines) is 1. The van der Waals surface area contributed by atoms with Crippen molar-refractivity contribution in [1.29, 1.82) is 0 Å². The van der Waals surface area contributed by atoms with Crippen molar-refractivity contribution in [2.24, 2.45) is 5.73 Å². The molecule has 1 atom stereocenters. The number of hydrogen-bond acceptors (Lipinski definition) is 3. The van der Waals surface area contributed by atoms with Crippen molar-refractivity contribution >= 4 is 18.3 Å². The van der Waals surface area contributed by atoms with Crippen LogP contribution in [0.5, 0.6) is 5.75 Å². The minimum atomic E-state index is 0. The lowest BCUT2D eigenvalue weighted by Gasteiger charge is -2.16. The summed E-state index contributed by atoms with van der Waals surface area (Å²) in [6.07, 6.45) is 0.884. The monoisotopic (exact) mass is 270 g/mol. The van der Waals surface area contributed by atoms with E-state index in [2.05, 4.69) is 0 Å². The van der Waals surface area contributed by atoms with Gasteiger partial charge in [-0.15, -0.1) is 12.4 Å². The number of carbonyl (C=O) groups is 1. The van der Waals surface area contributed by atoms with Gasteiger partial charge >= 0.3 is 0 Å². The first-order chi connectivity index (χ1) is 8.11. The Kier molecular flexibility index (Phi) is 4.99. The molecule has 2 rings (SSSR count). The van der Waals surface area contributed by atoms with Gasteiger partial charge in [-0.1, -0.05) is 6.07 Å². The molecule has 1 aromatic carbocycles. The van der Waals surface area contributed by atoms with Crippen LogP contribution in [0.4, 0.5) is 0 Å². The Hall–Kier alpha value is -1.26. The third-order valence-electron chi connectivity index (χ3n) is 3.17. The lowest BCUT2D eigenvalue weighted by Crippen LogP contribution is -2.31. The van der Waals surface area contributed by atoms with Crippen LogP contribution in [0.25, 0.3) is 0 Å². The van der Waals surface area contributed by atoms with Crippen LogP contribution in [0.1, 0.15) is 22.3 Å². The second kappa shape index (κ2) is 6.07. The number of nitrogens with two attached hydrogens (primary N) is 1. The van der Waals surface area contributed by atoms with E-state index in [0.29, 0.717) is 12.1 Å². The molecule has 0 aliphatic carbocycles. The van der Waals surface area contributed by atoms with Crippen LogP contribution in [0.15, 0.2) is 18.2 Å². The Bertz CT molecular complexity index is 437. The summed E-state index contributed by atoms with van der Waals surface area (Å²) < 4.78 is 5.22. The number of methoxy groups -OCH3 is 1. The zero-order chi connectivity index (χ0) is 12.4. The molecule has 100 valence electrons. The Balaban J connectivity index is 0.00000162. The lowest BCUT2D eigenvalue weighted by molar-refractivity contribution is 0.0790. The molecule has 0 bridgehead atoms. The van der Waals surface area contributed by atoms with Crippen LogP contribution in [0.2, 0.25) is 0 Å². The van der Waals surface area contributed by atoms with Gasteiger partial charge < -0.3 is 15.4 Å². The molecule has 2 N–H and O–H groups in total. The molecule has 5 heteroatoms. The number of rotatable bonds is 2. The Morgan fingerprint density at radius 1 is 1.50 bits per heavy atom. The maximum absolute atomic E-state index is 12.2. The van der Waals surface area contributed by atoms with Crippen molar-refractivity contribution in [2.45, 2.75) is 19.4 Å². The van der Waals surface area contributed by atoms with Crippen molar-refractivity contribution in [1.82, 2.24) is 4.90 Å². The molecule has 1 saturated heterocycles. The highest BCUT2D eigenvalue weighted by Gasteiger charge is 2.24. The Morgan fingerprint density at radius 3 is 2.78 bits per heavy atom. The van der Waals surface area contributed by atoms with E-state index in [1.165, 1.54) is 0 Å². The zero-order valence-electron chi connectivity index (χ0n) is 10.7. The first-order valence-corrected chi connectivity index (χ1v) is 5.81. The molecule has 0 aromatic heterocycles. The minimum absolute atomic E-state index is 0. The maximum Gasteiger partial charge on any atom is 0.254 e. The van der Waals surface area contributed by atoms with Crippen LogP contribution < -0.4 is 10.5 Å². The fourth-order valence-electron chi connectivity index (χ4n) is 2.11. The summed E-state index contributed by atoms with van der Waals surface area (Å²) in [5.74, 6) is 0.788. The number of aryl methyl sites for hydroxylation is 1. The van der Waals surface area contributed by atoms with E-state index in [0.717, 1.165) is 24.3 Å². The van der Waals surface area contributed by atoms with Crippen molar-refractivity contribution in [3.05, 3.63) is 29.3 Å². The topological polar surface area (TPSA) is 55.6 Å². The van der Waals surface area contributed by atoms with Crippen LogP contribution in [-0.2, 0) is 0 Å². The van der Waals surface area contributed by atoms with Gasteiger partial charge in [0.15, 0.2) is 0 Å². The predicted octanol–water partition coefficient (Wildman–Crippen LogP) is 1.60. The molecule has 18 heavy (non-hydrogen) atoms. The number of benzene rings is 1. The number of ether oxygens (including phenoxy) is 1. The highest BCUT2D eigenvalue weighted by atomic mass is 35.5. The van der Waals surface area contributed by atoms with Gasteiger partial charge in [0.2, 0.25) is 0 Å². The molecule has 0 spiro atoms. The fraction of sp³-hybridized carbons (Fsp3) is 0.462. The Labute approximate surface area is 114 Å². The quantitative estimate of drug-likeness (QED) is 0.888. The van der Waals surface area contributed by atoms with Gasteiger partial charge in [0.05, 0.1) is 7.11 Å². The molecule has 1 fully saturated rings. The molecule has 1 aliphatic heterocycles. The molecule has 1 aliphatic rings. The number of carbonyl (C=O) groups excluding carboxylic acids is 1. The zero-order valence-corrected chi connectivity index (χ0v) is 11.5. The van der Waals surface area contributed by atoms with E-state index >= 15 is 0 Å². The minimum Gasteiger partial charge on any atom is -0.496 e. The average Bonchev–Trinajstić information content (AvgIpc) is 2.75. The molecular formula is C13H19ClN2O2. The van der Waals surface area contributed by atoms with Crippen molar-refractivity contribution in [3.8, 4) is 5.75 Å². The highest BCUT2D eigenvalue weighted by Crippen LogP contribution is 2.21.